The lowest BCUT2D eigenvalue weighted by Crippen LogP contribution is -2.25. The third kappa shape index (κ3) is 1.02. The third-order valence-electron chi connectivity index (χ3n) is 2.48. The second kappa shape index (κ2) is 2.87. The van der Waals surface area contributed by atoms with Crippen molar-refractivity contribution in [3.8, 4) is 0 Å². The number of aliphatic imine (C=N–C) groups is 1. The maximum Gasteiger partial charge on any atom is 0.202 e. The lowest BCUT2D eigenvalue weighted by molar-refractivity contribution is 0.944. The first kappa shape index (κ1) is 7.62. The first-order valence-electron chi connectivity index (χ1n) is 4.80. The topological polar surface area (TPSA) is 29.3 Å². The normalized spacial score (nSPS) is 15.6. The van der Waals surface area contributed by atoms with Crippen molar-refractivity contribution in [2.75, 3.05) is 13.1 Å². The van der Waals surface area contributed by atoms with E-state index >= 15 is 0 Å². The van der Waals surface area contributed by atoms with Crippen LogP contribution in [0, 0.1) is 0 Å². The summed E-state index contributed by atoms with van der Waals surface area (Å²) < 4.78 is 2.10. The zero-order valence-electron chi connectivity index (χ0n) is 7.77. The Bertz CT molecular complexity index is 496. The molecule has 0 amide bonds. The first-order chi connectivity index (χ1) is 6.95. The second-order valence-electron chi connectivity index (χ2n) is 3.38. The van der Waals surface area contributed by atoms with E-state index in [9.17, 15) is 0 Å². The van der Waals surface area contributed by atoms with Gasteiger partial charge >= 0.3 is 0 Å². The summed E-state index contributed by atoms with van der Waals surface area (Å²) >= 11 is 0. The third-order valence-corrected chi connectivity index (χ3v) is 2.48. The quantitative estimate of drug-likeness (QED) is 0.661. The Morgan fingerprint density at radius 1 is 1.21 bits per heavy atom. The molecule has 0 fully saturated rings. The maximum atomic E-state index is 4.40. The molecule has 2 heterocycles. The molecule has 70 valence electrons. The molecule has 1 aliphatic heterocycles. The van der Waals surface area contributed by atoms with Gasteiger partial charge in [0.25, 0.3) is 0 Å². The number of fused-ring (bicyclic) bond motifs is 1. The van der Waals surface area contributed by atoms with Crippen LogP contribution in [0.5, 0.6) is 0 Å². The molecule has 0 saturated carbocycles. The highest BCUT2D eigenvalue weighted by molar-refractivity contribution is 5.94. The molecule has 0 saturated heterocycles. The van der Waals surface area contributed by atoms with Crippen molar-refractivity contribution in [3.63, 3.8) is 0 Å². The number of hydrogen-bond acceptors (Lipinski definition) is 2. The molecule has 3 heteroatoms. The summed E-state index contributed by atoms with van der Waals surface area (Å²) in [5.74, 6) is 0.964. The summed E-state index contributed by atoms with van der Waals surface area (Å²) in [6.07, 6.45) is 2.06. The fraction of sp³-hybridized carbons (Fsp3) is 0.182. The van der Waals surface area contributed by atoms with Crippen LogP contribution in [-0.4, -0.2) is 23.6 Å². The Morgan fingerprint density at radius 2 is 2.14 bits per heavy atom. The molecule has 0 aliphatic carbocycles. The van der Waals surface area contributed by atoms with E-state index < -0.39 is 0 Å². The Balaban J connectivity index is 2.21. The van der Waals surface area contributed by atoms with Crippen LogP contribution in [0.3, 0.4) is 0 Å². The van der Waals surface area contributed by atoms with E-state index in [4.69, 9.17) is 0 Å². The van der Waals surface area contributed by atoms with Gasteiger partial charge in [-0.25, -0.2) is 0 Å². The standard InChI is InChI=1S/C11H11N3/c1-2-4-10-9(3-1)5-8-14(10)11-12-6-7-13-11/h1-5,8H,6-7H2,(H,12,13). The zero-order valence-corrected chi connectivity index (χ0v) is 7.77. The van der Waals surface area contributed by atoms with Gasteiger partial charge in [0.1, 0.15) is 0 Å². The summed E-state index contributed by atoms with van der Waals surface area (Å²) in [6, 6.07) is 10.4. The monoisotopic (exact) mass is 185 g/mol. The molecule has 1 aromatic carbocycles. The first-order valence-corrected chi connectivity index (χ1v) is 4.80. The van der Waals surface area contributed by atoms with E-state index in [0.29, 0.717) is 0 Å². The largest absolute Gasteiger partial charge is 0.354 e. The fourth-order valence-electron chi connectivity index (χ4n) is 1.81. The highest BCUT2D eigenvalue weighted by Crippen LogP contribution is 2.14. The average Bonchev–Trinajstić information content (AvgIpc) is 2.85. The highest BCUT2D eigenvalue weighted by atomic mass is 15.2. The summed E-state index contributed by atoms with van der Waals surface area (Å²) in [4.78, 5) is 4.40. The van der Waals surface area contributed by atoms with Crippen LogP contribution in [-0.2, 0) is 0 Å². The lowest BCUT2D eigenvalue weighted by atomic mass is 10.2. The number of benzene rings is 1. The maximum absolute atomic E-state index is 4.40. The van der Waals surface area contributed by atoms with Gasteiger partial charge in [0.05, 0.1) is 12.1 Å². The van der Waals surface area contributed by atoms with Crippen molar-refractivity contribution >= 4 is 16.9 Å². The number of para-hydroxylation sites is 1. The van der Waals surface area contributed by atoms with Gasteiger partial charge in [-0.3, -0.25) is 9.56 Å². The van der Waals surface area contributed by atoms with Crippen molar-refractivity contribution in [2.24, 2.45) is 4.99 Å². The van der Waals surface area contributed by atoms with Gasteiger partial charge < -0.3 is 5.32 Å². The average molecular weight is 185 g/mol. The molecule has 1 aliphatic rings. The summed E-state index contributed by atoms with van der Waals surface area (Å²) in [6.45, 7) is 1.82. The Kier molecular flexibility index (Phi) is 1.56. The molecular weight excluding hydrogens is 174 g/mol. The summed E-state index contributed by atoms with van der Waals surface area (Å²) in [5, 5.41) is 4.52. The van der Waals surface area contributed by atoms with E-state index in [1.807, 2.05) is 6.07 Å². The zero-order chi connectivity index (χ0) is 9.38. The van der Waals surface area contributed by atoms with Gasteiger partial charge in [0.2, 0.25) is 5.96 Å². The number of aromatic nitrogens is 1. The molecule has 0 unspecified atom stereocenters. The summed E-state index contributed by atoms with van der Waals surface area (Å²) in [5.41, 5.74) is 1.21. The van der Waals surface area contributed by atoms with E-state index in [0.717, 1.165) is 19.0 Å². The van der Waals surface area contributed by atoms with Crippen LogP contribution in [0.4, 0.5) is 0 Å². The van der Waals surface area contributed by atoms with Gasteiger partial charge in [0, 0.05) is 18.1 Å². The predicted octanol–water partition coefficient (Wildman–Crippen LogP) is 1.45. The van der Waals surface area contributed by atoms with Gasteiger partial charge in [0.15, 0.2) is 0 Å². The Labute approximate surface area is 82.1 Å². The Morgan fingerprint density at radius 3 is 3.00 bits per heavy atom. The molecule has 0 spiro atoms. The highest BCUT2D eigenvalue weighted by Gasteiger charge is 2.09. The van der Waals surface area contributed by atoms with Crippen LogP contribution in [0.1, 0.15) is 0 Å². The SMILES string of the molecule is c1ccc2c(c1)ccn2C1=NCCN1. The molecule has 0 atom stereocenters. The van der Waals surface area contributed by atoms with Crippen LogP contribution < -0.4 is 5.32 Å². The van der Waals surface area contributed by atoms with Gasteiger partial charge in [-0.15, -0.1) is 0 Å². The van der Waals surface area contributed by atoms with Crippen LogP contribution in [0.25, 0.3) is 10.9 Å². The van der Waals surface area contributed by atoms with Crippen molar-refractivity contribution in [2.45, 2.75) is 0 Å². The van der Waals surface area contributed by atoms with Crippen LogP contribution in [0.2, 0.25) is 0 Å². The fourth-order valence-corrected chi connectivity index (χ4v) is 1.81. The van der Waals surface area contributed by atoms with Gasteiger partial charge in [-0.2, -0.15) is 0 Å². The molecule has 14 heavy (non-hydrogen) atoms. The number of hydrogen-bond donors (Lipinski definition) is 1. The lowest BCUT2D eigenvalue weighted by Gasteiger charge is -2.04. The van der Waals surface area contributed by atoms with E-state index in [1.54, 1.807) is 0 Å². The minimum absolute atomic E-state index is 0.877. The molecule has 0 bridgehead atoms. The van der Waals surface area contributed by atoms with Crippen molar-refractivity contribution < 1.29 is 0 Å². The van der Waals surface area contributed by atoms with Crippen molar-refractivity contribution in [3.05, 3.63) is 36.5 Å². The molecular formula is C11H11N3. The minimum atomic E-state index is 0.877. The van der Waals surface area contributed by atoms with E-state index in [2.05, 4.69) is 45.3 Å². The molecule has 3 nitrogen and oxygen atoms in total. The predicted molar refractivity (Wildman–Crippen MR) is 57.6 cm³/mol. The minimum Gasteiger partial charge on any atom is -0.354 e. The molecule has 1 N–H and O–H groups in total. The number of nitrogens with one attached hydrogen (secondary N) is 1. The smallest absolute Gasteiger partial charge is 0.202 e. The van der Waals surface area contributed by atoms with Gasteiger partial charge in [-0.05, 0) is 12.1 Å². The Hall–Kier alpha value is -1.77. The van der Waals surface area contributed by atoms with Gasteiger partial charge in [-0.1, -0.05) is 18.2 Å². The molecule has 3 rings (SSSR count). The van der Waals surface area contributed by atoms with Crippen LogP contribution >= 0.6 is 0 Å². The van der Waals surface area contributed by atoms with E-state index in [1.165, 1.54) is 10.9 Å². The molecule has 1 aromatic heterocycles. The summed E-state index contributed by atoms with van der Waals surface area (Å²) in [7, 11) is 0. The van der Waals surface area contributed by atoms with E-state index in [-0.39, 0.29) is 0 Å². The van der Waals surface area contributed by atoms with Crippen molar-refractivity contribution in [1.29, 1.82) is 0 Å². The van der Waals surface area contributed by atoms with Crippen LogP contribution in [0.15, 0.2) is 41.5 Å². The number of nitrogens with zero attached hydrogens (tertiary/aromatic N) is 2. The molecule has 2 aromatic rings. The number of rotatable bonds is 0. The molecule has 0 radical (unpaired) electrons. The second-order valence-corrected chi connectivity index (χ2v) is 3.38. The van der Waals surface area contributed by atoms with Crippen molar-refractivity contribution in [1.82, 2.24) is 9.88 Å².